The van der Waals surface area contributed by atoms with Crippen LogP contribution >= 0.6 is 11.3 Å². The predicted molar refractivity (Wildman–Crippen MR) is 115 cm³/mol. The zero-order valence-electron chi connectivity index (χ0n) is 16.4. The number of carbonyl (C=O) groups is 1. The molecule has 0 aliphatic rings. The number of ether oxygens (including phenoxy) is 2. The molecule has 3 rings (SSSR count). The highest BCUT2D eigenvalue weighted by Gasteiger charge is 2.17. The first-order valence-electron chi connectivity index (χ1n) is 8.99. The second-order valence-corrected chi connectivity index (χ2v) is 8.60. The van der Waals surface area contributed by atoms with Crippen molar-refractivity contribution in [1.82, 2.24) is 4.98 Å². The minimum Gasteiger partial charge on any atom is -0.495 e. The first-order valence-corrected chi connectivity index (χ1v) is 11.4. The number of hydrogen-bond donors (Lipinski definition) is 2. The average molecular weight is 448 g/mol. The van der Waals surface area contributed by atoms with Crippen molar-refractivity contribution in [3.8, 4) is 22.1 Å². The number of methoxy groups -OCH3 is 1. The minimum atomic E-state index is -4.00. The summed E-state index contributed by atoms with van der Waals surface area (Å²) in [6.45, 7) is 2.45. The molecule has 1 aromatic heterocycles. The highest BCUT2D eigenvalue weighted by Crippen LogP contribution is 2.32. The quantitative estimate of drug-likeness (QED) is 0.548. The van der Waals surface area contributed by atoms with Crippen molar-refractivity contribution < 1.29 is 22.7 Å². The number of sulfonamides is 1. The monoisotopic (exact) mass is 447 g/mol. The van der Waals surface area contributed by atoms with E-state index in [1.54, 1.807) is 5.38 Å². The number of nitrogens with zero attached hydrogens (tertiary/aromatic N) is 1. The van der Waals surface area contributed by atoms with Crippen LogP contribution in [0.5, 0.6) is 11.5 Å². The van der Waals surface area contributed by atoms with Gasteiger partial charge in [0.1, 0.15) is 21.4 Å². The summed E-state index contributed by atoms with van der Waals surface area (Å²) in [6, 6.07) is 11.8. The number of hydrogen-bond acceptors (Lipinski definition) is 7. The van der Waals surface area contributed by atoms with Gasteiger partial charge in [0.2, 0.25) is 15.9 Å². The Balaban J connectivity index is 1.74. The first-order chi connectivity index (χ1) is 14.3. The van der Waals surface area contributed by atoms with Crippen molar-refractivity contribution in [1.29, 1.82) is 0 Å². The smallest absolute Gasteiger partial charge is 0.241 e. The summed E-state index contributed by atoms with van der Waals surface area (Å²) < 4.78 is 34.1. The van der Waals surface area contributed by atoms with Crippen molar-refractivity contribution >= 4 is 33.0 Å². The lowest BCUT2D eigenvalue weighted by molar-refractivity contribution is -0.115. The minimum absolute atomic E-state index is 0.0318. The Hall–Kier alpha value is -2.95. The fourth-order valence-electron chi connectivity index (χ4n) is 2.78. The van der Waals surface area contributed by atoms with Crippen LogP contribution in [0.1, 0.15) is 12.6 Å². The van der Waals surface area contributed by atoms with E-state index in [0.29, 0.717) is 18.0 Å². The van der Waals surface area contributed by atoms with Gasteiger partial charge in [-0.3, -0.25) is 4.79 Å². The maximum Gasteiger partial charge on any atom is 0.241 e. The van der Waals surface area contributed by atoms with Crippen LogP contribution in [-0.2, 0) is 21.2 Å². The number of amides is 1. The molecular formula is C20H21N3O5S2. The average Bonchev–Trinajstić information content (AvgIpc) is 3.16. The second-order valence-electron chi connectivity index (χ2n) is 6.21. The van der Waals surface area contributed by atoms with Gasteiger partial charge in [-0.1, -0.05) is 12.1 Å². The highest BCUT2D eigenvalue weighted by molar-refractivity contribution is 7.89. The van der Waals surface area contributed by atoms with Crippen molar-refractivity contribution in [2.45, 2.75) is 18.2 Å². The number of benzene rings is 2. The number of aromatic nitrogens is 1. The van der Waals surface area contributed by atoms with Gasteiger partial charge in [0.15, 0.2) is 0 Å². The first kappa shape index (κ1) is 21.8. The third-order valence-electron chi connectivity index (χ3n) is 4.06. The Morgan fingerprint density at radius 1 is 1.20 bits per heavy atom. The molecular weight excluding hydrogens is 426 g/mol. The molecule has 30 heavy (non-hydrogen) atoms. The standard InChI is InChI=1S/C20H21N3O5S2/c1-3-28-16-7-5-4-6-15(16)20-23-14(12-29-20)11-19(24)22-13-8-9-17(27-2)18(10-13)30(21,25)26/h4-10,12H,3,11H2,1-2H3,(H,22,24)(H2,21,25,26). The zero-order chi connectivity index (χ0) is 21.7. The van der Waals surface area contributed by atoms with Crippen molar-refractivity contribution in [3.05, 3.63) is 53.5 Å². The van der Waals surface area contributed by atoms with E-state index >= 15 is 0 Å². The maximum atomic E-state index is 12.4. The van der Waals surface area contributed by atoms with Crippen LogP contribution in [0.15, 0.2) is 52.7 Å². The lowest BCUT2D eigenvalue weighted by atomic mass is 10.2. The number of carbonyl (C=O) groups excluding carboxylic acids is 1. The molecule has 0 saturated carbocycles. The maximum absolute atomic E-state index is 12.4. The largest absolute Gasteiger partial charge is 0.495 e. The highest BCUT2D eigenvalue weighted by atomic mass is 32.2. The van der Waals surface area contributed by atoms with Crippen molar-refractivity contribution in [3.63, 3.8) is 0 Å². The van der Waals surface area contributed by atoms with Crippen LogP contribution in [0, 0.1) is 0 Å². The van der Waals surface area contributed by atoms with Gasteiger partial charge in [0, 0.05) is 11.1 Å². The number of nitrogens with one attached hydrogen (secondary N) is 1. The zero-order valence-corrected chi connectivity index (χ0v) is 18.0. The molecule has 0 unspecified atom stereocenters. The molecule has 0 aliphatic carbocycles. The summed E-state index contributed by atoms with van der Waals surface area (Å²) >= 11 is 1.42. The molecule has 1 amide bonds. The van der Waals surface area contributed by atoms with E-state index in [1.165, 1.54) is 36.6 Å². The van der Waals surface area contributed by atoms with Gasteiger partial charge in [-0.25, -0.2) is 18.5 Å². The fourth-order valence-corrected chi connectivity index (χ4v) is 4.36. The van der Waals surface area contributed by atoms with Crippen LogP contribution in [-0.4, -0.2) is 33.0 Å². The molecule has 0 radical (unpaired) electrons. The molecule has 0 aliphatic heterocycles. The van der Waals surface area contributed by atoms with E-state index in [1.807, 2.05) is 31.2 Å². The molecule has 3 N–H and O–H groups in total. The number of thiazole rings is 1. The molecule has 1 heterocycles. The summed E-state index contributed by atoms with van der Waals surface area (Å²) in [5, 5.41) is 10.4. The summed E-state index contributed by atoms with van der Waals surface area (Å²) in [6.07, 6.45) is 0.0318. The van der Waals surface area contributed by atoms with Crippen LogP contribution < -0.4 is 19.9 Å². The third-order valence-corrected chi connectivity index (χ3v) is 5.92. The molecule has 10 heteroatoms. The number of anilines is 1. The Morgan fingerprint density at radius 2 is 1.97 bits per heavy atom. The fraction of sp³-hybridized carbons (Fsp3) is 0.200. The molecule has 0 bridgehead atoms. The Labute approximate surface area is 178 Å². The van der Waals surface area contributed by atoms with Crippen LogP contribution in [0.25, 0.3) is 10.6 Å². The normalized spacial score (nSPS) is 11.2. The number of rotatable bonds is 8. The van der Waals surface area contributed by atoms with Gasteiger partial charge in [-0.2, -0.15) is 0 Å². The Bertz CT molecular complexity index is 1160. The number of primary sulfonamides is 1. The molecule has 0 spiro atoms. The van der Waals surface area contributed by atoms with Gasteiger partial charge >= 0.3 is 0 Å². The van der Waals surface area contributed by atoms with E-state index in [9.17, 15) is 13.2 Å². The second kappa shape index (κ2) is 9.24. The summed E-state index contributed by atoms with van der Waals surface area (Å²) in [5.41, 5.74) is 1.75. The SMILES string of the molecule is CCOc1ccccc1-c1nc(CC(=O)Nc2ccc(OC)c(S(N)(=O)=O)c2)cs1. The summed E-state index contributed by atoms with van der Waals surface area (Å²) in [7, 11) is -2.66. The molecule has 158 valence electrons. The molecule has 0 atom stereocenters. The Kier molecular flexibility index (Phi) is 6.70. The van der Waals surface area contributed by atoms with E-state index in [2.05, 4.69) is 10.3 Å². The lowest BCUT2D eigenvalue weighted by Gasteiger charge is -2.10. The van der Waals surface area contributed by atoms with Crippen LogP contribution in [0.4, 0.5) is 5.69 Å². The van der Waals surface area contributed by atoms with Gasteiger partial charge in [0.05, 0.1) is 31.4 Å². The van der Waals surface area contributed by atoms with Crippen molar-refractivity contribution in [2.24, 2.45) is 5.14 Å². The van der Waals surface area contributed by atoms with Gasteiger partial charge < -0.3 is 14.8 Å². The van der Waals surface area contributed by atoms with Crippen LogP contribution in [0.2, 0.25) is 0 Å². The summed E-state index contributed by atoms with van der Waals surface area (Å²) in [4.78, 5) is 16.8. The van der Waals surface area contributed by atoms with E-state index in [-0.39, 0.29) is 23.0 Å². The van der Waals surface area contributed by atoms with Gasteiger partial charge in [0.25, 0.3) is 0 Å². The van der Waals surface area contributed by atoms with E-state index in [0.717, 1.165) is 16.3 Å². The van der Waals surface area contributed by atoms with E-state index < -0.39 is 10.0 Å². The van der Waals surface area contributed by atoms with Crippen molar-refractivity contribution in [2.75, 3.05) is 19.0 Å². The van der Waals surface area contributed by atoms with Gasteiger partial charge in [-0.15, -0.1) is 11.3 Å². The lowest BCUT2D eigenvalue weighted by Crippen LogP contribution is -2.17. The molecule has 3 aromatic rings. The number of para-hydroxylation sites is 1. The Morgan fingerprint density at radius 3 is 2.67 bits per heavy atom. The molecule has 2 aromatic carbocycles. The number of nitrogens with two attached hydrogens (primary N) is 1. The van der Waals surface area contributed by atoms with Gasteiger partial charge in [-0.05, 0) is 37.3 Å². The summed E-state index contributed by atoms with van der Waals surface area (Å²) in [5.74, 6) is 0.502. The third kappa shape index (κ3) is 5.15. The van der Waals surface area contributed by atoms with Crippen LogP contribution in [0.3, 0.4) is 0 Å². The topological polar surface area (TPSA) is 121 Å². The molecule has 0 saturated heterocycles. The molecule has 8 nitrogen and oxygen atoms in total. The van der Waals surface area contributed by atoms with E-state index in [4.69, 9.17) is 14.6 Å². The predicted octanol–water partition coefficient (Wildman–Crippen LogP) is 3.05. The molecule has 0 fully saturated rings.